The third kappa shape index (κ3) is 2.39. The number of ketones is 1. The Morgan fingerprint density at radius 1 is 1.05 bits per heavy atom. The van der Waals surface area contributed by atoms with Gasteiger partial charge in [-0.1, -0.05) is 30.3 Å². The predicted molar refractivity (Wildman–Crippen MR) is 74.6 cm³/mol. The first kappa shape index (κ1) is 12.0. The summed E-state index contributed by atoms with van der Waals surface area (Å²) in [5, 5.41) is 0. The summed E-state index contributed by atoms with van der Waals surface area (Å²) in [6.45, 7) is 0. The molecule has 0 radical (unpaired) electrons. The Hall–Kier alpha value is -2.09. The molecule has 1 aliphatic carbocycles. The van der Waals surface area contributed by atoms with Crippen LogP contribution < -0.4 is 4.74 Å². The van der Waals surface area contributed by atoms with Crippen molar-refractivity contribution < 1.29 is 9.53 Å². The Balaban J connectivity index is 1.72. The second kappa shape index (κ2) is 4.88. The average molecular weight is 252 g/mol. The number of rotatable bonds is 4. The van der Waals surface area contributed by atoms with Gasteiger partial charge in [0.15, 0.2) is 5.78 Å². The van der Waals surface area contributed by atoms with E-state index in [1.165, 1.54) is 5.56 Å². The molecule has 2 aromatic rings. The minimum Gasteiger partial charge on any atom is -0.497 e. The molecule has 2 nitrogen and oxygen atoms in total. The Morgan fingerprint density at radius 3 is 2.37 bits per heavy atom. The summed E-state index contributed by atoms with van der Waals surface area (Å²) in [6.07, 6.45) is 0.967. The molecule has 96 valence electrons. The van der Waals surface area contributed by atoms with Crippen LogP contribution >= 0.6 is 0 Å². The van der Waals surface area contributed by atoms with Gasteiger partial charge in [0.2, 0.25) is 0 Å². The summed E-state index contributed by atoms with van der Waals surface area (Å²) in [7, 11) is 1.63. The second-order valence-corrected chi connectivity index (χ2v) is 4.95. The monoisotopic (exact) mass is 252 g/mol. The number of hydrogen-bond donors (Lipinski definition) is 0. The lowest BCUT2D eigenvalue weighted by atomic mass is 10.0. The normalized spacial score (nSPS) is 20.9. The van der Waals surface area contributed by atoms with Crippen LogP contribution in [0.1, 0.15) is 28.3 Å². The molecule has 0 heterocycles. The number of hydrogen-bond acceptors (Lipinski definition) is 2. The number of methoxy groups -OCH3 is 1. The highest BCUT2D eigenvalue weighted by atomic mass is 16.5. The van der Waals surface area contributed by atoms with Crippen molar-refractivity contribution in [2.24, 2.45) is 5.92 Å². The van der Waals surface area contributed by atoms with Crippen LogP contribution in [0.25, 0.3) is 0 Å². The van der Waals surface area contributed by atoms with E-state index in [1.54, 1.807) is 7.11 Å². The number of benzene rings is 2. The molecule has 1 aliphatic rings. The van der Waals surface area contributed by atoms with Crippen molar-refractivity contribution >= 4 is 5.78 Å². The van der Waals surface area contributed by atoms with E-state index in [4.69, 9.17) is 4.74 Å². The van der Waals surface area contributed by atoms with E-state index in [0.29, 0.717) is 5.92 Å². The van der Waals surface area contributed by atoms with Crippen LogP contribution in [0.2, 0.25) is 0 Å². The Morgan fingerprint density at radius 2 is 1.74 bits per heavy atom. The molecule has 2 heteroatoms. The van der Waals surface area contributed by atoms with Crippen molar-refractivity contribution in [1.29, 1.82) is 0 Å². The van der Waals surface area contributed by atoms with E-state index in [2.05, 4.69) is 12.1 Å². The second-order valence-electron chi connectivity index (χ2n) is 4.95. The van der Waals surface area contributed by atoms with Gasteiger partial charge in [-0.05, 0) is 42.2 Å². The van der Waals surface area contributed by atoms with Crippen molar-refractivity contribution in [3.63, 3.8) is 0 Å². The molecule has 0 spiro atoms. The van der Waals surface area contributed by atoms with Crippen molar-refractivity contribution in [3.05, 3.63) is 65.7 Å². The zero-order chi connectivity index (χ0) is 13.2. The molecular weight excluding hydrogens is 236 g/mol. The summed E-state index contributed by atoms with van der Waals surface area (Å²) < 4.78 is 5.10. The summed E-state index contributed by atoms with van der Waals surface area (Å²) >= 11 is 0. The quantitative estimate of drug-likeness (QED) is 0.776. The number of Topliss-reactive ketones (excluding diaryl/α,β-unsaturated/α-hetero) is 1. The lowest BCUT2D eigenvalue weighted by Crippen LogP contribution is -2.03. The molecule has 2 aromatic carbocycles. The van der Waals surface area contributed by atoms with Gasteiger partial charge in [0.1, 0.15) is 5.75 Å². The van der Waals surface area contributed by atoms with Gasteiger partial charge >= 0.3 is 0 Å². The van der Waals surface area contributed by atoms with Crippen LogP contribution in [-0.2, 0) is 0 Å². The molecule has 0 bridgehead atoms. The van der Waals surface area contributed by atoms with Gasteiger partial charge < -0.3 is 4.74 Å². The lowest BCUT2D eigenvalue weighted by Gasteiger charge is -2.03. The third-order valence-electron chi connectivity index (χ3n) is 3.73. The molecule has 1 saturated carbocycles. The van der Waals surface area contributed by atoms with Gasteiger partial charge in [-0.15, -0.1) is 0 Å². The van der Waals surface area contributed by atoms with E-state index in [1.807, 2.05) is 42.5 Å². The Kier molecular flexibility index (Phi) is 3.08. The maximum Gasteiger partial charge on any atom is 0.166 e. The fourth-order valence-electron chi connectivity index (χ4n) is 2.52. The van der Waals surface area contributed by atoms with Crippen LogP contribution in [0.15, 0.2) is 54.6 Å². The van der Waals surface area contributed by atoms with E-state index >= 15 is 0 Å². The van der Waals surface area contributed by atoms with Crippen LogP contribution in [-0.4, -0.2) is 12.9 Å². The van der Waals surface area contributed by atoms with Gasteiger partial charge in [-0.3, -0.25) is 4.79 Å². The van der Waals surface area contributed by atoms with Gasteiger partial charge in [0.25, 0.3) is 0 Å². The van der Waals surface area contributed by atoms with Crippen molar-refractivity contribution in [2.45, 2.75) is 12.3 Å². The highest BCUT2D eigenvalue weighted by Gasteiger charge is 2.43. The van der Waals surface area contributed by atoms with Crippen molar-refractivity contribution in [1.82, 2.24) is 0 Å². The fraction of sp³-hybridized carbons (Fsp3) is 0.235. The molecule has 0 unspecified atom stereocenters. The molecule has 1 fully saturated rings. The minimum atomic E-state index is 0.149. The zero-order valence-corrected chi connectivity index (χ0v) is 10.9. The first-order chi connectivity index (χ1) is 9.29. The van der Waals surface area contributed by atoms with Gasteiger partial charge in [0, 0.05) is 11.5 Å². The van der Waals surface area contributed by atoms with Crippen LogP contribution in [0.3, 0.4) is 0 Å². The van der Waals surface area contributed by atoms with Gasteiger partial charge in [-0.2, -0.15) is 0 Å². The standard InChI is InChI=1S/C17H16O2/c1-19-14-9-7-13(8-10-14)17(18)16-11-15(16)12-5-3-2-4-6-12/h2-10,15-16H,11H2,1H3/t15-,16+/m0/s1. The topological polar surface area (TPSA) is 26.3 Å². The smallest absolute Gasteiger partial charge is 0.166 e. The minimum absolute atomic E-state index is 0.149. The van der Waals surface area contributed by atoms with Gasteiger partial charge in [0.05, 0.1) is 7.11 Å². The Labute approximate surface area is 113 Å². The van der Waals surface area contributed by atoms with Crippen molar-refractivity contribution in [2.75, 3.05) is 7.11 Å². The summed E-state index contributed by atoms with van der Waals surface area (Å²) in [6, 6.07) is 17.7. The molecule has 0 saturated heterocycles. The SMILES string of the molecule is COc1ccc(C(=O)[C@@H]2C[C@H]2c2ccccc2)cc1. The van der Waals surface area contributed by atoms with Crippen LogP contribution in [0, 0.1) is 5.92 Å². The first-order valence-electron chi connectivity index (χ1n) is 6.53. The van der Waals surface area contributed by atoms with E-state index in [9.17, 15) is 4.79 Å². The van der Waals surface area contributed by atoms with E-state index < -0.39 is 0 Å². The third-order valence-corrected chi connectivity index (χ3v) is 3.73. The largest absolute Gasteiger partial charge is 0.497 e. The maximum absolute atomic E-state index is 12.3. The highest BCUT2D eigenvalue weighted by Crippen LogP contribution is 2.49. The van der Waals surface area contributed by atoms with Crippen LogP contribution in [0.4, 0.5) is 0 Å². The molecule has 2 atom stereocenters. The molecule has 0 aliphatic heterocycles. The molecular formula is C17H16O2. The summed E-state index contributed by atoms with van der Waals surface area (Å²) in [5.74, 6) is 1.58. The highest BCUT2D eigenvalue weighted by molar-refractivity contribution is 6.00. The molecule has 0 N–H and O–H groups in total. The first-order valence-corrected chi connectivity index (χ1v) is 6.53. The van der Waals surface area contributed by atoms with Crippen molar-refractivity contribution in [3.8, 4) is 5.75 Å². The van der Waals surface area contributed by atoms with Gasteiger partial charge in [-0.25, -0.2) is 0 Å². The lowest BCUT2D eigenvalue weighted by molar-refractivity contribution is 0.0965. The average Bonchev–Trinajstić information content (AvgIpc) is 3.28. The molecule has 19 heavy (non-hydrogen) atoms. The maximum atomic E-state index is 12.3. The molecule has 0 aromatic heterocycles. The van der Waals surface area contributed by atoms with E-state index in [-0.39, 0.29) is 11.7 Å². The summed E-state index contributed by atoms with van der Waals surface area (Å²) in [4.78, 5) is 12.3. The number of carbonyl (C=O) groups is 1. The van der Waals surface area contributed by atoms with E-state index in [0.717, 1.165) is 17.7 Å². The number of carbonyl (C=O) groups excluding carboxylic acids is 1. The zero-order valence-electron chi connectivity index (χ0n) is 10.9. The summed E-state index contributed by atoms with van der Waals surface area (Å²) in [5.41, 5.74) is 2.05. The molecule has 0 amide bonds. The fourth-order valence-corrected chi connectivity index (χ4v) is 2.52. The Bertz CT molecular complexity index is 572. The predicted octanol–water partition coefficient (Wildman–Crippen LogP) is 3.68. The molecule has 3 rings (SSSR count). The number of ether oxygens (including phenoxy) is 1. The van der Waals surface area contributed by atoms with Crippen LogP contribution in [0.5, 0.6) is 5.75 Å².